The van der Waals surface area contributed by atoms with E-state index in [1.54, 1.807) is 11.3 Å². The Kier molecular flexibility index (Phi) is 2.50. The van der Waals surface area contributed by atoms with Gasteiger partial charge in [0.25, 0.3) is 0 Å². The second-order valence-electron chi connectivity index (χ2n) is 4.23. The summed E-state index contributed by atoms with van der Waals surface area (Å²) in [5, 5.41) is 3.32. The van der Waals surface area contributed by atoms with Gasteiger partial charge in [-0.1, -0.05) is 24.3 Å². The number of hydrogen-bond acceptors (Lipinski definition) is 2. The third-order valence-electron chi connectivity index (χ3n) is 2.97. The molecule has 0 radical (unpaired) electrons. The molecule has 1 unspecified atom stereocenters. The zero-order chi connectivity index (χ0) is 11.8. The van der Waals surface area contributed by atoms with Crippen molar-refractivity contribution in [3.8, 4) is 10.6 Å². The van der Waals surface area contributed by atoms with Gasteiger partial charge in [-0.25, -0.2) is 0 Å². The van der Waals surface area contributed by atoms with Gasteiger partial charge in [0.15, 0.2) is 0 Å². The molecule has 0 fully saturated rings. The summed E-state index contributed by atoms with van der Waals surface area (Å²) in [6.45, 7) is 2.03. The Hall–Kier alpha value is -1.58. The zero-order valence-electron chi connectivity index (χ0n) is 9.60. The Balaban J connectivity index is 2.34. The molecule has 0 saturated carbocycles. The normalized spacial score (nSPS) is 13.1. The van der Waals surface area contributed by atoms with Crippen LogP contribution in [0.2, 0.25) is 0 Å². The van der Waals surface area contributed by atoms with Crippen LogP contribution in [0.5, 0.6) is 0 Å². The van der Waals surface area contributed by atoms with Crippen LogP contribution in [0.15, 0.2) is 41.8 Å². The zero-order valence-corrected chi connectivity index (χ0v) is 10.4. The molecule has 0 aliphatic rings. The van der Waals surface area contributed by atoms with Crippen LogP contribution in [-0.4, -0.2) is 4.98 Å². The van der Waals surface area contributed by atoms with Gasteiger partial charge in [-0.3, -0.25) is 0 Å². The van der Waals surface area contributed by atoms with Gasteiger partial charge in [-0.05, 0) is 24.4 Å². The minimum Gasteiger partial charge on any atom is -0.354 e. The fraction of sp³-hybridized carbons (Fsp3) is 0.143. The van der Waals surface area contributed by atoms with Gasteiger partial charge >= 0.3 is 0 Å². The Labute approximate surface area is 104 Å². The first-order valence-electron chi connectivity index (χ1n) is 5.67. The summed E-state index contributed by atoms with van der Waals surface area (Å²) < 4.78 is 0. The molecule has 0 aliphatic carbocycles. The summed E-state index contributed by atoms with van der Waals surface area (Å²) in [5.74, 6) is 0. The van der Waals surface area contributed by atoms with Crippen LogP contribution in [-0.2, 0) is 0 Å². The summed E-state index contributed by atoms with van der Waals surface area (Å²) in [4.78, 5) is 4.72. The fourth-order valence-electron chi connectivity index (χ4n) is 2.25. The highest BCUT2D eigenvalue weighted by Gasteiger charge is 2.16. The first kappa shape index (κ1) is 10.6. The van der Waals surface area contributed by atoms with Gasteiger partial charge in [0, 0.05) is 22.5 Å². The number of H-pyrrole nitrogens is 1. The van der Waals surface area contributed by atoms with Crippen molar-refractivity contribution in [3.63, 3.8) is 0 Å². The molecule has 0 saturated heterocycles. The Bertz CT molecular complexity index is 635. The van der Waals surface area contributed by atoms with Crippen molar-refractivity contribution in [2.75, 3.05) is 0 Å². The minimum absolute atomic E-state index is 0.0308. The van der Waals surface area contributed by atoms with E-state index in [1.807, 2.05) is 13.0 Å². The number of para-hydroxylation sites is 1. The Morgan fingerprint density at radius 2 is 2.00 bits per heavy atom. The van der Waals surface area contributed by atoms with Crippen molar-refractivity contribution in [2.24, 2.45) is 5.73 Å². The molecule has 0 amide bonds. The average Bonchev–Trinajstić information content (AvgIpc) is 2.95. The van der Waals surface area contributed by atoms with Gasteiger partial charge in [-0.2, -0.15) is 0 Å². The molecular formula is C14H14N2S. The molecule has 2 nitrogen and oxygen atoms in total. The van der Waals surface area contributed by atoms with Gasteiger partial charge < -0.3 is 10.7 Å². The second kappa shape index (κ2) is 4.02. The average molecular weight is 242 g/mol. The molecule has 1 atom stereocenters. The highest BCUT2D eigenvalue weighted by Crippen LogP contribution is 2.35. The molecule has 1 aromatic carbocycles. The maximum absolute atomic E-state index is 6.12. The number of nitrogens with one attached hydrogen (secondary N) is 1. The van der Waals surface area contributed by atoms with Crippen molar-refractivity contribution in [3.05, 3.63) is 47.3 Å². The maximum Gasteiger partial charge on any atom is 0.0614 e. The summed E-state index contributed by atoms with van der Waals surface area (Å²) in [5.41, 5.74) is 9.65. The third kappa shape index (κ3) is 1.68. The standard InChI is InChI=1S/C14H14N2S/c1-9(15)13-10-5-2-3-6-11(10)16-14(13)12-7-4-8-17-12/h2-9,16H,15H2,1H3. The number of rotatable bonds is 2. The molecule has 3 N–H and O–H groups in total. The molecule has 0 bridgehead atoms. The van der Waals surface area contributed by atoms with E-state index in [1.165, 1.54) is 15.8 Å². The number of benzene rings is 1. The van der Waals surface area contributed by atoms with E-state index in [2.05, 4.69) is 40.7 Å². The highest BCUT2D eigenvalue weighted by atomic mass is 32.1. The first-order chi connectivity index (χ1) is 8.27. The number of thiophene rings is 1. The van der Waals surface area contributed by atoms with Crippen LogP contribution in [0.3, 0.4) is 0 Å². The largest absolute Gasteiger partial charge is 0.354 e. The van der Waals surface area contributed by atoms with E-state index in [9.17, 15) is 0 Å². The fourth-order valence-corrected chi connectivity index (χ4v) is 2.99. The number of aromatic nitrogens is 1. The van der Waals surface area contributed by atoms with Crippen LogP contribution < -0.4 is 5.73 Å². The van der Waals surface area contributed by atoms with Crippen LogP contribution >= 0.6 is 11.3 Å². The number of hydrogen-bond donors (Lipinski definition) is 2. The van der Waals surface area contributed by atoms with Crippen LogP contribution in [0.4, 0.5) is 0 Å². The molecule has 0 aliphatic heterocycles. The molecule has 17 heavy (non-hydrogen) atoms. The number of nitrogens with two attached hydrogens (primary N) is 1. The summed E-state index contributed by atoms with van der Waals surface area (Å²) in [6.07, 6.45) is 0. The predicted molar refractivity (Wildman–Crippen MR) is 74.2 cm³/mol. The molecule has 3 rings (SSSR count). The Morgan fingerprint density at radius 1 is 1.18 bits per heavy atom. The SMILES string of the molecule is CC(N)c1c(-c2cccs2)[nH]c2ccccc12. The topological polar surface area (TPSA) is 41.8 Å². The monoisotopic (exact) mass is 242 g/mol. The summed E-state index contributed by atoms with van der Waals surface area (Å²) in [7, 11) is 0. The quantitative estimate of drug-likeness (QED) is 0.702. The van der Waals surface area contributed by atoms with E-state index in [4.69, 9.17) is 5.73 Å². The van der Waals surface area contributed by atoms with Crippen LogP contribution in [0.25, 0.3) is 21.5 Å². The first-order valence-corrected chi connectivity index (χ1v) is 6.55. The lowest BCUT2D eigenvalue weighted by atomic mass is 10.0. The van der Waals surface area contributed by atoms with Crippen molar-refractivity contribution in [1.82, 2.24) is 4.98 Å². The minimum atomic E-state index is 0.0308. The second-order valence-corrected chi connectivity index (χ2v) is 5.17. The van der Waals surface area contributed by atoms with Gasteiger partial charge in [0.05, 0.1) is 10.6 Å². The maximum atomic E-state index is 6.12. The van der Waals surface area contributed by atoms with E-state index in [0.717, 1.165) is 11.2 Å². The smallest absolute Gasteiger partial charge is 0.0614 e. The van der Waals surface area contributed by atoms with E-state index in [-0.39, 0.29) is 6.04 Å². The van der Waals surface area contributed by atoms with Crippen LogP contribution in [0, 0.1) is 0 Å². The van der Waals surface area contributed by atoms with E-state index < -0.39 is 0 Å². The lowest BCUT2D eigenvalue weighted by Crippen LogP contribution is -2.05. The molecule has 2 heterocycles. The highest BCUT2D eigenvalue weighted by molar-refractivity contribution is 7.13. The van der Waals surface area contributed by atoms with Crippen molar-refractivity contribution in [2.45, 2.75) is 13.0 Å². The number of fused-ring (bicyclic) bond motifs is 1. The summed E-state index contributed by atoms with van der Waals surface area (Å²) >= 11 is 1.74. The molecule has 0 spiro atoms. The van der Waals surface area contributed by atoms with Gasteiger partial charge in [0.2, 0.25) is 0 Å². The van der Waals surface area contributed by atoms with Crippen molar-refractivity contribution in [1.29, 1.82) is 0 Å². The Morgan fingerprint density at radius 3 is 2.71 bits per heavy atom. The summed E-state index contributed by atoms with van der Waals surface area (Å²) in [6, 6.07) is 12.5. The van der Waals surface area contributed by atoms with Crippen LogP contribution in [0.1, 0.15) is 18.5 Å². The molecule has 3 aromatic rings. The van der Waals surface area contributed by atoms with E-state index >= 15 is 0 Å². The molecule has 2 aromatic heterocycles. The van der Waals surface area contributed by atoms with Gasteiger partial charge in [0.1, 0.15) is 0 Å². The number of aromatic amines is 1. The lowest BCUT2D eigenvalue weighted by Gasteiger charge is -2.06. The molecule has 86 valence electrons. The lowest BCUT2D eigenvalue weighted by molar-refractivity contribution is 0.829. The predicted octanol–water partition coefficient (Wildman–Crippen LogP) is 3.92. The molecular weight excluding hydrogens is 228 g/mol. The van der Waals surface area contributed by atoms with Gasteiger partial charge in [-0.15, -0.1) is 11.3 Å². The van der Waals surface area contributed by atoms with Crippen molar-refractivity contribution < 1.29 is 0 Å². The third-order valence-corrected chi connectivity index (χ3v) is 3.86. The van der Waals surface area contributed by atoms with Crippen molar-refractivity contribution >= 4 is 22.2 Å². The van der Waals surface area contributed by atoms with E-state index in [0.29, 0.717) is 0 Å². The molecule has 3 heteroatoms.